The van der Waals surface area contributed by atoms with Crippen LogP contribution in [0.4, 0.5) is 0 Å². The Bertz CT molecular complexity index is 2510. The van der Waals surface area contributed by atoms with Gasteiger partial charge >= 0.3 is 5.97 Å². The number of esters is 1. The van der Waals surface area contributed by atoms with Gasteiger partial charge < -0.3 is 38.3 Å². The number of benzene rings is 7. The van der Waals surface area contributed by atoms with E-state index in [1.165, 1.54) is 6.92 Å². The first-order valence-corrected chi connectivity index (χ1v) is 20.7. The van der Waals surface area contributed by atoms with Crippen molar-refractivity contribution in [3.63, 3.8) is 0 Å². The number of carbonyl (C=O) groups excluding carboxylic acids is 1. The maximum Gasteiger partial charge on any atom is 0.302 e. The molecule has 0 aliphatic carbocycles. The molecule has 0 unspecified atom stereocenters. The maximum atomic E-state index is 12.4. The van der Waals surface area contributed by atoms with Gasteiger partial charge in [0.2, 0.25) is 5.75 Å². The van der Waals surface area contributed by atoms with E-state index in [9.17, 15) is 9.90 Å². The van der Waals surface area contributed by atoms with Gasteiger partial charge in [0, 0.05) is 18.9 Å². The van der Waals surface area contributed by atoms with Gasteiger partial charge in [-0.2, -0.15) is 0 Å². The molecule has 314 valence electrons. The van der Waals surface area contributed by atoms with E-state index in [4.69, 9.17) is 33.2 Å². The summed E-state index contributed by atoms with van der Waals surface area (Å²) < 4.78 is 45.4. The third kappa shape index (κ3) is 10.6. The van der Waals surface area contributed by atoms with Crippen LogP contribution in [-0.4, -0.2) is 17.2 Å². The Morgan fingerprint density at radius 1 is 0.548 bits per heavy atom. The highest BCUT2D eigenvalue weighted by Gasteiger charge is 2.39. The SMILES string of the molecule is CC(=O)OCc1c(OCc2ccccc2)c(O)c(OCc2ccccc2)c2c1O[C@H](c1ccc(OCc3ccccc3)c(OCc3ccccc3)c1)[C@@H](OCc1ccccc1)C2. The van der Waals surface area contributed by atoms with Crippen LogP contribution in [0, 0.1) is 0 Å². The average Bonchev–Trinajstić information content (AvgIpc) is 3.32. The molecule has 1 aliphatic rings. The maximum absolute atomic E-state index is 12.4. The number of phenolic OH excluding ortho intramolecular Hbond substituents is 1. The quantitative estimate of drug-likeness (QED) is 0.0847. The molecule has 2 atom stereocenters. The van der Waals surface area contributed by atoms with Gasteiger partial charge in [-0.1, -0.05) is 158 Å². The summed E-state index contributed by atoms with van der Waals surface area (Å²) in [5, 5.41) is 12.2. The van der Waals surface area contributed by atoms with Gasteiger partial charge in [0.1, 0.15) is 44.9 Å². The number of fused-ring (bicyclic) bond motifs is 1. The molecule has 0 aromatic heterocycles. The predicted molar refractivity (Wildman–Crippen MR) is 235 cm³/mol. The zero-order chi connectivity index (χ0) is 42.5. The molecule has 9 nitrogen and oxygen atoms in total. The van der Waals surface area contributed by atoms with Gasteiger partial charge in [-0.05, 0) is 45.5 Å². The summed E-state index contributed by atoms with van der Waals surface area (Å²) in [6.45, 7) is 2.34. The topological polar surface area (TPSA) is 102 Å². The van der Waals surface area contributed by atoms with Crippen LogP contribution in [-0.2, 0) is 60.3 Å². The highest BCUT2D eigenvalue weighted by atomic mass is 16.6. The zero-order valence-electron chi connectivity index (χ0n) is 34.5. The third-order valence-electron chi connectivity index (χ3n) is 10.5. The van der Waals surface area contributed by atoms with Crippen molar-refractivity contribution in [3.05, 3.63) is 214 Å². The van der Waals surface area contributed by atoms with Gasteiger partial charge in [0.05, 0.1) is 12.2 Å². The van der Waals surface area contributed by atoms with Crippen molar-refractivity contribution in [2.45, 2.75) is 65.2 Å². The van der Waals surface area contributed by atoms with Gasteiger partial charge in [0.15, 0.2) is 29.1 Å². The Balaban J connectivity index is 1.22. The molecule has 9 heteroatoms. The van der Waals surface area contributed by atoms with Gasteiger partial charge in [0.25, 0.3) is 0 Å². The summed E-state index contributed by atoms with van der Waals surface area (Å²) in [4.78, 5) is 12.4. The van der Waals surface area contributed by atoms with Crippen molar-refractivity contribution in [1.29, 1.82) is 0 Å². The molecule has 0 spiro atoms. The van der Waals surface area contributed by atoms with Crippen LogP contribution in [0.3, 0.4) is 0 Å². The van der Waals surface area contributed by atoms with E-state index in [0.29, 0.717) is 48.2 Å². The van der Waals surface area contributed by atoms with Crippen molar-refractivity contribution < 1.29 is 43.1 Å². The molecule has 8 rings (SSSR count). The minimum Gasteiger partial charge on any atom is -0.502 e. The second kappa shape index (κ2) is 20.4. The summed E-state index contributed by atoms with van der Waals surface area (Å²) >= 11 is 0. The zero-order valence-corrected chi connectivity index (χ0v) is 34.5. The van der Waals surface area contributed by atoms with Crippen LogP contribution in [0.2, 0.25) is 0 Å². The minimum absolute atomic E-state index is 0.0934. The van der Waals surface area contributed by atoms with E-state index in [1.54, 1.807) is 0 Å². The van der Waals surface area contributed by atoms with E-state index in [2.05, 4.69) is 0 Å². The lowest BCUT2D eigenvalue weighted by atomic mass is 9.91. The minimum atomic E-state index is -0.710. The van der Waals surface area contributed by atoms with Gasteiger partial charge in [-0.15, -0.1) is 0 Å². The van der Waals surface area contributed by atoms with Crippen molar-refractivity contribution >= 4 is 5.97 Å². The number of ether oxygens (including phenoxy) is 7. The first kappa shape index (κ1) is 41.5. The van der Waals surface area contributed by atoms with E-state index >= 15 is 0 Å². The molecule has 0 fully saturated rings. The standard InChI is InChI=1S/C53H48O9/c1-37(54)56-36-45-51-44(52(60-34-41-23-13-5-14-24-41)49(55)53(45)61-35-42-25-15-6-16-26-42)30-48(59-33-40-21-11-4-12-22-40)50(62-51)43-27-28-46(57-31-38-17-7-2-8-18-38)47(29-43)58-32-39-19-9-3-10-20-39/h2-29,48,50,55H,30-36H2,1H3/t48-,50+/m0/s1. The summed E-state index contributed by atoms with van der Waals surface area (Å²) in [5.74, 6) is 1.04. The summed E-state index contributed by atoms with van der Waals surface area (Å²) in [6, 6.07) is 54.9. The van der Waals surface area contributed by atoms with E-state index < -0.39 is 18.2 Å². The van der Waals surface area contributed by atoms with E-state index in [0.717, 1.165) is 33.4 Å². The van der Waals surface area contributed by atoms with Crippen LogP contribution < -0.4 is 23.7 Å². The number of phenols is 1. The number of rotatable bonds is 18. The average molecular weight is 829 g/mol. The molecular weight excluding hydrogens is 781 g/mol. The Hall–Kier alpha value is -7.23. The fraction of sp³-hybridized carbons (Fsp3) is 0.189. The number of hydrogen-bond acceptors (Lipinski definition) is 9. The highest BCUT2D eigenvalue weighted by Crippen LogP contribution is 2.54. The van der Waals surface area contributed by atoms with Crippen LogP contribution >= 0.6 is 0 Å². The van der Waals surface area contributed by atoms with Gasteiger partial charge in [-0.3, -0.25) is 4.79 Å². The molecule has 0 saturated heterocycles. The fourth-order valence-corrected chi connectivity index (χ4v) is 7.30. The van der Waals surface area contributed by atoms with E-state index in [1.807, 2.05) is 170 Å². The van der Waals surface area contributed by atoms with Gasteiger partial charge in [-0.25, -0.2) is 0 Å². The number of aromatic hydroxyl groups is 1. The third-order valence-corrected chi connectivity index (χ3v) is 10.5. The lowest BCUT2D eigenvalue weighted by Crippen LogP contribution is -2.34. The largest absolute Gasteiger partial charge is 0.502 e. The lowest BCUT2D eigenvalue weighted by Gasteiger charge is -2.36. The number of hydrogen-bond donors (Lipinski definition) is 1. The smallest absolute Gasteiger partial charge is 0.302 e. The first-order valence-electron chi connectivity index (χ1n) is 20.7. The van der Waals surface area contributed by atoms with Crippen LogP contribution in [0.5, 0.6) is 34.5 Å². The monoisotopic (exact) mass is 828 g/mol. The Labute approximate surface area is 362 Å². The second-order valence-electron chi connectivity index (χ2n) is 15.0. The van der Waals surface area contributed by atoms with Crippen LogP contribution in [0.15, 0.2) is 170 Å². The normalized spacial score (nSPS) is 14.2. The highest BCUT2D eigenvalue weighted by molar-refractivity contribution is 5.69. The van der Waals surface area contributed by atoms with Crippen LogP contribution in [0.1, 0.15) is 57.5 Å². The number of carbonyl (C=O) groups is 1. The molecule has 0 amide bonds. The molecule has 1 aliphatic heterocycles. The van der Waals surface area contributed by atoms with Crippen molar-refractivity contribution in [2.24, 2.45) is 0 Å². The summed E-state index contributed by atoms with van der Waals surface area (Å²) in [7, 11) is 0. The predicted octanol–water partition coefficient (Wildman–Crippen LogP) is 11.0. The molecule has 0 radical (unpaired) electrons. The molecule has 0 bridgehead atoms. The Kier molecular flexibility index (Phi) is 13.6. The fourth-order valence-electron chi connectivity index (χ4n) is 7.30. The van der Waals surface area contributed by atoms with Crippen molar-refractivity contribution in [1.82, 2.24) is 0 Å². The molecule has 62 heavy (non-hydrogen) atoms. The van der Waals surface area contributed by atoms with Crippen LogP contribution in [0.25, 0.3) is 0 Å². The molecule has 1 heterocycles. The first-order chi connectivity index (χ1) is 30.5. The summed E-state index contributed by atoms with van der Waals surface area (Å²) in [6.07, 6.45) is -1.03. The molecule has 7 aromatic carbocycles. The van der Waals surface area contributed by atoms with Crippen molar-refractivity contribution in [3.8, 4) is 34.5 Å². The second-order valence-corrected chi connectivity index (χ2v) is 15.0. The lowest BCUT2D eigenvalue weighted by molar-refractivity contribution is -0.142. The molecule has 7 aromatic rings. The molecule has 1 N–H and O–H groups in total. The Morgan fingerprint density at radius 3 is 1.50 bits per heavy atom. The molecular formula is C53H48O9. The summed E-state index contributed by atoms with van der Waals surface area (Å²) in [5.41, 5.74) is 6.47. The Morgan fingerprint density at radius 2 is 1.00 bits per heavy atom. The molecule has 0 saturated carbocycles. The van der Waals surface area contributed by atoms with Crippen molar-refractivity contribution in [2.75, 3.05) is 0 Å². The van der Waals surface area contributed by atoms with E-state index in [-0.39, 0.29) is 43.5 Å².